The van der Waals surface area contributed by atoms with E-state index in [2.05, 4.69) is 48.5 Å². The number of hydrogen-bond donors (Lipinski definition) is 0. The van der Waals surface area contributed by atoms with Gasteiger partial charge in [0, 0.05) is 17.3 Å². The summed E-state index contributed by atoms with van der Waals surface area (Å²) in [5.74, 6) is 1.78. The van der Waals surface area contributed by atoms with Gasteiger partial charge in [-0.05, 0) is 74.5 Å². The standard InChI is InChI=1S/C26H44O3/c1-17(27)15-22(28)20-13-11-18(20)9-10-19-12-14-21(19)23(29)26(8,25(5,6)7)16-24(2,3)4/h18-21H,9-16H2,1-8H3/t18-,19?,20?,21?,26?/m0/s1. The molecule has 0 heterocycles. The van der Waals surface area contributed by atoms with Crippen LogP contribution in [0.4, 0.5) is 0 Å². The van der Waals surface area contributed by atoms with E-state index in [1.807, 2.05) is 0 Å². The average molecular weight is 405 g/mol. The smallest absolute Gasteiger partial charge is 0.143 e. The lowest BCUT2D eigenvalue weighted by atomic mass is 9.53. The Morgan fingerprint density at radius 1 is 0.759 bits per heavy atom. The third kappa shape index (κ3) is 5.58. The fourth-order valence-electron chi connectivity index (χ4n) is 5.59. The molecule has 0 aromatic heterocycles. The first kappa shape index (κ1) is 24.3. The Balaban J connectivity index is 1.97. The van der Waals surface area contributed by atoms with Crippen molar-refractivity contribution < 1.29 is 14.4 Å². The Kier molecular flexibility index (Phi) is 7.23. The molecule has 3 nitrogen and oxygen atoms in total. The van der Waals surface area contributed by atoms with Gasteiger partial charge in [0.05, 0.1) is 6.42 Å². The Morgan fingerprint density at radius 3 is 1.59 bits per heavy atom. The fraction of sp³-hybridized carbons (Fsp3) is 0.885. The first-order valence-electron chi connectivity index (χ1n) is 11.7. The van der Waals surface area contributed by atoms with Gasteiger partial charge in [-0.15, -0.1) is 0 Å². The molecule has 2 aliphatic carbocycles. The maximum atomic E-state index is 13.7. The first-order chi connectivity index (χ1) is 13.2. The predicted octanol–water partition coefficient (Wildman–Crippen LogP) is 6.42. The fourth-order valence-corrected chi connectivity index (χ4v) is 5.59. The number of hydrogen-bond acceptors (Lipinski definition) is 3. The monoisotopic (exact) mass is 404 g/mol. The van der Waals surface area contributed by atoms with Crippen LogP contribution in [0.1, 0.15) is 107 Å². The highest BCUT2D eigenvalue weighted by Gasteiger charge is 2.51. The van der Waals surface area contributed by atoms with Crippen LogP contribution >= 0.6 is 0 Å². The zero-order valence-electron chi connectivity index (χ0n) is 20.2. The van der Waals surface area contributed by atoms with Crippen molar-refractivity contribution in [3.05, 3.63) is 0 Å². The number of carbonyl (C=O) groups excluding carboxylic acids is 3. The molecule has 2 saturated carbocycles. The van der Waals surface area contributed by atoms with Crippen molar-refractivity contribution in [2.45, 2.75) is 107 Å². The van der Waals surface area contributed by atoms with Crippen molar-refractivity contribution in [2.24, 2.45) is 39.9 Å². The summed E-state index contributed by atoms with van der Waals surface area (Å²) in [5, 5.41) is 0. The molecule has 166 valence electrons. The second-order valence-electron chi connectivity index (χ2n) is 12.5. The summed E-state index contributed by atoms with van der Waals surface area (Å²) >= 11 is 0. The van der Waals surface area contributed by atoms with Crippen LogP contribution < -0.4 is 0 Å². The normalized spacial score (nSPS) is 29.4. The summed E-state index contributed by atoms with van der Waals surface area (Å²) in [6.45, 7) is 17.0. The van der Waals surface area contributed by atoms with Crippen molar-refractivity contribution >= 4 is 17.3 Å². The van der Waals surface area contributed by atoms with Crippen molar-refractivity contribution in [2.75, 3.05) is 0 Å². The van der Waals surface area contributed by atoms with Gasteiger partial charge in [-0.2, -0.15) is 0 Å². The van der Waals surface area contributed by atoms with E-state index in [1.54, 1.807) is 0 Å². The topological polar surface area (TPSA) is 51.2 Å². The number of Topliss-reactive ketones (excluding diaryl/α,β-unsaturated/α-hetero) is 3. The van der Waals surface area contributed by atoms with Crippen LogP contribution in [0.3, 0.4) is 0 Å². The van der Waals surface area contributed by atoms with E-state index >= 15 is 0 Å². The molecule has 0 bridgehead atoms. The lowest BCUT2D eigenvalue weighted by molar-refractivity contribution is -0.147. The highest BCUT2D eigenvalue weighted by Crippen LogP contribution is 2.53. The Hall–Kier alpha value is -0.990. The molecule has 0 spiro atoms. The molecule has 0 aliphatic heterocycles. The van der Waals surface area contributed by atoms with Crippen LogP contribution in [0, 0.1) is 39.9 Å². The van der Waals surface area contributed by atoms with E-state index in [4.69, 9.17) is 0 Å². The molecule has 2 rings (SSSR count). The Labute approximate surface area is 178 Å². The highest BCUT2D eigenvalue weighted by molar-refractivity contribution is 5.99. The van der Waals surface area contributed by atoms with Crippen molar-refractivity contribution in [3.8, 4) is 0 Å². The zero-order valence-corrected chi connectivity index (χ0v) is 20.2. The third-order valence-corrected chi connectivity index (χ3v) is 8.00. The van der Waals surface area contributed by atoms with Gasteiger partial charge in [-0.1, -0.05) is 48.5 Å². The van der Waals surface area contributed by atoms with Crippen LogP contribution in [0.2, 0.25) is 0 Å². The summed E-state index contributed by atoms with van der Waals surface area (Å²) in [5.41, 5.74) is -0.256. The van der Waals surface area contributed by atoms with E-state index in [1.165, 1.54) is 6.92 Å². The van der Waals surface area contributed by atoms with E-state index in [9.17, 15) is 14.4 Å². The lowest BCUT2D eigenvalue weighted by Crippen LogP contribution is -2.50. The molecule has 0 radical (unpaired) electrons. The van der Waals surface area contributed by atoms with Crippen LogP contribution in [-0.4, -0.2) is 17.3 Å². The van der Waals surface area contributed by atoms with E-state index < -0.39 is 0 Å². The van der Waals surface area contributed by atoms with Crippen molar-refractivity contribution in [1.29, 1.82) is 0 Å². The molecule has 0 saturated heterocycles. The van der Waals surface area contributed by atoms with Crippen molar-refractivity contribution in [1.82, 2.24) is 0 Å². The summed E-state index contributed by atoms with van der Waals surface area (Å²) < 4.78 is 0. The molecule has 4 unspecified atom stereocenters. The van der Waals surface area contributed by atoms with Crippen LogP contribution in [-0.2, 0) is 14.4 Å². The summed E-state index contributed by atoms with van der Waals surface area (Å²) in [6, 6.07) is 0. The number of rotatable bonds is 9. The summed E-state index contributed by atoms with van der Waals surface area (Å²) in [6.07, 6.45) is 7.32. The van der Waals surface area contributed by atoms with E-state index in [0.717, 1.165) is 44.9 Å². The van der Waals surface area contributed by atoms with E-state index in [0.29, 0.717) is 17.6 Å². The van der Waals surface area contributed by atoms with E-state index in [-0.39, 0.29) is 46.1 Å². The summed E-state index contributed by atoms with van der Waals surface area (Å²) in [4.78, 5) is 37.2. The minimum Gasteiger partial charge on any atom is -0.300 e. The van der Waals surface area contributed by atoms with Gasteiger partial charge in [0.25, 0.3) is 0 Å². The van der Waals surface area contributed by atoms with Crippen LogP contribution in [0.15, 0.2) is 0 Å². The molecule has 29 heavy (non-hydrogen) atoms. The van der Waals surface area contributed by atoms with Gasteiger partial charge < -0.3 is 0 Å². The minimum absolute atomic E-state index is 0.0226. The molecule has 0 N–H and O–H groups in total. The Morgan fingerprint density at radius 2 is 1.24 bits per heavy atom. The second-order valence-corrected chi connectivity index (χ2v) is 12.5. The predicted molar refractivity (Wildman–Crippen MR) is 119 cm³/mol. The van der Waals surface area contributed by atoms with Gasteiger partial charge in [0.2, 0.25) is 0 Å². The molecule has 2 fully saturated rings. The van der Waals surface area contributed by atoms with Crippen molar-refractivity contribution in [3.63, 3.8) is 0 Å². The number of carbonyl (C=O) groups is 3. The molecular formula is C26H44O3. The van der Waals surface area contributed by atoms with Crippen LogP contribution in [0.5, 0.6) is 0 Å². The van der Waals surface area contributed by atoms with Gasteiger partial charge in [-0.25, -0.2) is 0 Å². The molecule has 0 aromatic rings. The minimum atomic E-state index is -0.314. The highest BCUT2D eigenvalue weighted by atomic mass is 16.1. The Bertz CT molecular complexity index is 633. The molecule has 5 atom stereocenters. The molecule has 0 amide bonds. The first-order valence-corrected chi connectivity index (χ1v) is 11.7. The zero-order chi connectivity index (χ0) is 22.2. The average Bonchev–Trinajstić information content (AvgIpc) is 2.45. The summed E-state index contributed by atoms with van der Waals surface area (Å²) in [7, 11) is 0. The van der Waals surface area contributed by atoms with Gasteiger partial charge in [0.1, 0.15) is 17.3 Å². The molecular weight excluding hydrogens is 360 g/mol. The molecule has 0 aromatic carbocycles. The van der Waals surface area contributed by atoms with Gasteiger partial charge in [-0.3, -0.25) is 14.4 Å². The maximum absolute atomic E-state index is 13.7. The van der Waals surface area contributed by atoms with Gasteiger partial charge >= 0.3 is 0 Å². The van der Waals surface area contributed by atoms with Crippen LogP contribution in [0.25, 0.3) is 0 Å². The number of ketones is 3. The largest absolute Gasteiger partial charge is 0.300 e. The maximum Gasteiger partial charge on any atom is 0.143 e. The quantitative estimate of drug-likeness (QED) is 0.416. The molecule has 3 heteroatoms. The second kappa shape index (κ2) is 8.63. The lowest BCUT2D eigenvalue weighted by Gasteiger charge is -2.50. The SMILES string of the molecule is CC(=O)CC(=O)C1CC[C@@H]1CCC1CCC1C(=O)C(C)(CC(C)(C)C)C(C)(C)C. The van der Waals surface area contributed by atoms with Gasteiger partial charge in [0.15, 0.2) is 0 Å². The third-order valence-electron chi connectivity index (χ3n) is 8.00. The molecule has 2 aliphatic rings.